The van der Waals surface area contributed by atoms with Gasteiger partial charge in [-0.25, -0.2) is 0 Å². The molecule has 0 aliphatic heterocycles. The normalized spacial score (nSPS) is 14.2. The maximum absolute atomic E-state index is 2.55. The number of nitrogens with zero attached hydrogens (tertiary/aromatic N) is 1. The van der Waals surface area contributed by atoms with E-state index in [1.807, 2.05) is 11.3 Å². The monoisotopic (exact) mass is 857 g/mol. The average molecular weight is 858 g/mol. The third kappa shape index (κ3) is 5.11. The van der Waals surface area contributed by atoms with Crippen LogP contribution in [0.1, 0.15) is 47.2 Å². The minimum atomic E-state index is -0.423. The summed E-state index contributed by atoms with van der Waals surface area (Å²) in [6.07, 6.45) is 0. The van der Waals surface area contributed by atoms with Gasteiger partial charge in [0.15, 0.2) is 0 Å². The quantitative estimate of drug-likeness (QED) is 0.167. The molecule has 310 valence electrons. The fourth-order valence-corrected chi connectivity index (χ4v) is 13.3. The lowest BCUT2D eigenvalue weighted by Crippen LogP contribution is -2.25. The molecule has 14 rings (SSSR count). The first-order valence-corrected chi connectivity index (χ1v) is 23.9. The zero-order valence-electron chi connectivity index (χ0n) is 36.7. The van der Waals surface area contributed by atoms with Crippen LogP contribution in [0.3, 0.4) is 0 Å². The minimum absolute atomic E-state index is 0.140. The van der Waals surface area contributed by atoms with Crippen LogP contribution in [0.4, 0.5) is 17.1 Å². The van der Waals surface area contributed by atoms with Gasteiger partial charge in [-0.05, 0) is 132 Å². The highest BCUT2D eigenvalue weighted by molar-refractivity contribution is 7.26. The summed E-state index contributed by atoms with van der Waals surface area (Å²) < 4.78 is 2.60. The molecule has 0 amide bonds. The van der Waals surface area contributed by atoms with Gasteiger partial charge < -0.3 is 4.90 Å². The number of fused-ring (bicyclic) bond motifs is 16. The second-order valence-corrected chi connectivity index (χ2v) is 19.8. The largest absolute Gasteiger partial charge is 0.310 e. The Labute approximate surface area is 389 Å². The summed E-state index contributed by atoms with van der Waals surface area (Å²) in [6, 6.07) is 84.5. The molecule has 10 aromatic carbocycles. The van der Waals surface area contributed by atoms with Crippen LogP contribution < -0.4 is 4.90 Å². The summed E-state index contributed by atoms with van der Waals surface area (Å²) in [5, 5.41) is 2.56. The Hall–Kier alpha value is -7.78. The molecular weight excluding hydrogens is 815 g/mol. The number of benzene rings is 10. The second kappa shape index (κ2) is 13.9. The number of thiophene rings is 1. The predicted octanol–water partition coefficient (Wildman–Crippen LogP) is 17.5. The van der Waals surface area contributed by atoms with Gasteiger partial charge in [-0.15, -0.1) is 11.3 Å². The average Bonchev–Trinajstić information content (AvgIpc) is 4.06. The van der Waals surface area contributed by atoms with Crippen LogP contribution in [-0.4, -0.2) is 0 Å². The van der Waals surface area contributed by atoms with Crippen LogP contribution in [0.15, 0.2) is 224 Å². The highest BCUT2D eigenvalue weighted by atomic mass is 32.1. The maximum atomic E-state index is 2.55. The molecule has 1 spiro atoms. The van der Waals surface area contributed by atoms with Gasteiger partial charge >= 0.3 is 0 Å². The van der Waals surface area contributed by atoms with Crippen LogP contribution >= 0.6 is 11.3 Å². The van der Waals surface area contributed by atoms with E-state index in [9.17, 15) is 0 Å². The van der Waals surface area contributed by atoms with E-state index in [1.165, 1.54) is 109 Å². The van der Waals surface area contributed by atoms with Crippen molar-refractivity contribution in [1.29, 1.82) is 0 Å². The van der Waals surface area contributed by atoms with Gasteiger partial charge in [0.25, 0.3) is 0 Å². The van der Waals surface area contributed by atoms with E-state index >= 15 is 0 Å². The van der Waals surface area contributed by atoms with Gasteiger partial charge in [0.1, 0.15) is 0 Å². The molecule has 0 bridgehead atoms. The van der Waals surface area contributed by atoms with Crippen molar-refractivity contribution in [3.05, 3.63) is 258 Å². The molecule has 3 aliphatic rings. The molecule has 1 aromatic heterocycles. The molecule has 66 heavy (non-hydrogen) atoms. The molecule has 0 unspecified atom stereocenters. The first kappa shape index (κ1) is 37.6. The number of rotatable bonds is 5. The van der Waals surface area contributed by atoms with Crippen molar-refractivity contribution in [2.45, 2.75) is 24.7 Å². The SMILES string of the molecule is CC1(C)c2ccccc2-c2ccc(N(c3ccc(-c4ccccc4)cc3)c3cc(-c4ccc5c(c4)C4(c6ccccc6-c6ccccc64)c4ccccc4-5)c4sc5ccccc5c4c3)cc21. The molecule has 0 saturated carbocycles. The van der Waals surface area contributed by atoms with E-state index < -0.39 is 5.41 Å². The zero-order valence-corrected chi connectivity index (χ0v) is 37.5. The summed E-state index contributed by atoms with van der Waals surface area (Å²) in [6.45, 7) is 4.75. The Kier molecular flexibility index (Phi) is 7.89. The number of hydrogen-bond donors (Lipinski definition) is 0. The number of anilines is 3. The molecule has 0 N–H and O–H groups in total. The molecule has 0 atom stereocenters. The first-order chi connectivity index (χ1) is 32.5. The van der Waals surface area contributed by atoms with Crippen molar-refractivity contribution < 1.29 is 0 Å². The van der Waals surface area contributed by atoms with Crippen LogP contribution in [0.5, 0.6) is 0 Å². The molecular formula is C64H43NS. The van der Waals surface area contributed by atoms with Crippen molar-refractivity contribution >= 4 is 48.6 Å². The Bertz CT molecular complexity index is 3730. The minimum Gasteiger partial charge on any atom is -0.310 e. The van der Waals surface area contributed by atoms with Gasteiger partial charge in [-0.2, -0.15) is 0 Å². The van der Waals surface area contributed by atoms with E-state index in [0.29, 0.717) is 0 Å². The van der Waals surface area contributed by atoms with Crippen LogP contribution in [-0.2, 0) is 10.8 Å². The van der Waals surface area contributed by atoms with Crippen molar-refractivity contribution in [3.8, 4) is 55.6 Å². The Morgan fingerprint density at radius 1 is 0.318 bits per heavy atom. The Morgan fingerprint density at radius 3 is 1.50 bits per heavy atom. The van der Waals surface area contributed by atoms with Gasteiger partial charge in [0.05, 0.1) is 5.41 Å². The predicted molar refractivity (Wildman–Crippen MR) is 279 cm³/mol. The summed E-state index contributed by atoms with van der Waals surface area (Å²) in [5.41, 5.74) is 23.8. The Balaban J connectivity index is 1.02. The summed E-state index contributed by atoms with van der Waals surface area (Å²) in [4.78, 5) is 2.50. The highest BCUT2D eigenvalue weighted by Gasteiger charge is 2.51. The Morgan fingerprint density at radius 2 is 0.818 bits per heavy atom. The van der Waals surface area contributed by atoms with Crippen molar-refractivity contribution in [2.75, 3.05) is 4.90 Å². The lowest BCUT2D eigenvalue weighted by atomic mass is 9.70. The third-order valence-corrected chi connectivity index (χ3v) is 16.3. The van der Waals surface area contributed by atoms with E-state index in [1.54, 1.807) is 0 Å². The molecule has 2 heteroatoms. The van der Waals surface area contributed by atoms with Gasteiger partial charge in [-0.3, -0.25) is 0 Å². The van der Waals surface area contributed by atoms with Crippen LogP contribution in [0.25, 0.3) is 75.8 Å². The van der Waals surface area contributed by atoms with Gasteiger partial charge in [0, 0.05) is 48.2 Å². The standard InChI is InChI=1S/C64H43NS/c1-63(2)55-23-11-6-18-46(55)50-35-33-44(39-59(50)63)65(43-31-28-41(29-32-43)40-16-4-3-5-17-40)45-37-53(62-54(38-45)52-22-10-15-27-61(52)66-62)42-30-34-51-49-21-9-14-26-58(49)64(60(51)36-42)56-24-12-7-19-47(56)48-20-8-13-25-57(48)64/h3-39H,1-2H3. The van der Waals surface area contributed by atoms with E-state index in [-0.39, 0.29) is 5.41 Å². The fraction of sp³-hybridized carbons (Fsp3) is 0.0625. The highest BCUT2D eigenvalue weighted by Crippen LogP contribution is 2.63. The van der Waals surface area contributed by atoms with Crippen LogP contribution in [0.2, 0.25) is 0 Å². The molecule has 0 saturated heterocycles. The summed E-state index contributed by atoms with van der Waals surface area (Å²) in [7, 11) is 0. The smallest absolute Gasteiger partial charge is 0.0725 e. The zero-order chi connectivity index (χ0) is 43.7. The van der Waals surface area contributed by atoms with Crippen molar-refractivity contribution in [1.82, 2.24) is 0 Å². The molecule has 0 fully saturated rings. The maximum Gasteiger partial charge on any atom is 0.0725 e. The van der Waals surface area contributed by atoms with E-state index in [0.717, 1.165) is 17.1 Å². The van der Waals surface area contributed by atoms with E-state index in [4.69, 9.17) is 0 Å². The fourth-order valence-electron chi connectivity index (χ4n) is 12.1. The van der Waals surface area contributed by atoms with Crippen molar-refractivity contribution in [2.24, 2.45) is 0 Å². The lowest BCUT2D eigenvalue weighted by molar-refractivity contribution is 0.660. The number of hydrogen-bond acceptors (Lipinski definition) is 2. The molecule has 11 aromatic rings. The third-order valence-electron chi connectivity index (χ3n) is 15.1. The summed E-state index contributed by atoms with van der Waals surface area (Å²) in [5.74, 6) is 0. The molecule has 1 nitrogen and oxygen atoms in total. The van der Waals surface area contributed by atoms with Crippen molar-refractivity contribution in [3.63, 3.8) is 0 Å². The molecule has 1 heterocycles. The van der Waals surface area contributed by atoms with Gasteiger partial charge in [0.2, 0.25) is 0 Å². The van der Waals surface area contributed by atoms with Crippen LogP contribution in [0, 0.1) is 0 Å². The first-order valence-electron chi connectivity index (χ1n) is 23.1. The molecule has 0 radical (unpaired) electrons. The lowest BCUT2D eigenvalue weighted by Gasteiger charge is -2.31. The summed E-state index contributed by atoms with van der Waals surface area (Å²) >= 11 is 1.91. The second-order valence-electron chi connectivity index (χ2n) is 18.8. The topological polar surface area (TPSA) is 3.24 Å². The van der Waals surface area contributed by atoms with E-state index in [2.05, 4.69) is 243 Å². The van der Waals surface area contributed by atoms with Gasteiger partial charge in [-0.1, -0.05) is 190 Å². The molecule has 3 aliphatic carbocycles.